The lowest BCUT2D eigenvalue weighted by Crippen LogP contribution is -2.56. The Bertz CT molecular complexity index is 405. The molecule has 104 valence electrons. The number of hydrogen-bond acceptors (Lipinski definition) is 2. The zero-order valence-corrected chi connectivity index (χ0v) is 12.1. The van der Waals surface area contributed by atoms with E-state index in [0.717, 1.165) is 0 Å². The fraction of sp³-hybridized carbons (Fsp3) is 0.647. The quantitative estimate of drug-likeness (QED) is 0.872. The predicted octanol–water partition coefficient (Wildman–Crippen LogP) is 3.87. The van der Waals surface area contributed by atoms with Gasteiger partial charge in [-0.1, -0.05) is 37.8 Å². The van der Waals surface area contributed by atoms with Gasteiger partial charge in [0.2, 0.25) is 0 Å². The van der Waals surface area contributed by atoms with Gasteiger partial charge in [0, 0.05) is 30.2 Å². The minimum atomic E-state index is 0.138. The minimum Gasteiger partial charge on any atom is -0.370 e. The van der Waals surface area contributed by atoms with Crippen molar-refractivity contribution in [2.24, 2.45) is 11.1 Å². The molecule has 3 rings (SSSR count). The van der Waals surface area contributed by atoms with Crippen LogP contribution in [0.4, 0.5) is 5.69 Å². The van der Waals surface area contributed by atoms with E-state index < -0.39 is 0 Å². The molecule has 1 saturated carbocycles. The number of nitrogens with zero attached hydrogens (tertiary/aromatic N) is 1. The molecule has 1 aliphatic carbocycles. The van der Waals surface area contributed by atoms with Gasteiger partial charge in [-0.3, -0.25) is 0 Å². The van der Waals surface area contributed by atoms with E-state index >= 15 is 0 Å². The third kappa shape index (κ3) is 2.64. The van der Waals surface area contributed by atoms with Crippen molar-refractivity contribution in [2.45, 2.75) is 51.5 Å². The highest BCUT2D eigenvalue weighted by Crippen LogP contribution is 2.44. The molecular weight excluding hydrogens is 232 g/mol. The molecule has 1 heterocycles. The SMILES string of the molecule is CC(N)c1ccc(N2CC3(CCCCCC3)C2)cc1. The maximum atomic E-state index is 5.90. The highest BCUT2D eigenvalue weighted by atomic mass is 15.2. The molecular formula is C17H26N2. The van der Waals surface area contributed by atoms with Gasteiger partial charge in [-0.15, -0.1) is 0 Å². The number of rotatable bonds is 2. The Hall–Kier alpha value is -1.02. The lowest BCUT2D eigenvalue weighted by molar-refractivity contribution is 0.180. The van der Waals surface area contributed by atoms with Crippen LogP contribution in [0.25, 0.3) is 0 Å². The van der Waals surface area contributed by atoms with Crippen LogP contribution in [-0.4, -0.2) is 13.1 Å². The summed E-state index contributed by atoms with van der Waals surface area (Å²) in [6.45, 7) is 4.58. The van der Waals surface area contributed by atoms with Gasteiger partial charge >= 0.3 is 0 Å². The van der Waals surface area contributed by atoms with E-state index in [1.807, 2.05) is 6.92 Å². The van der Waals surface area contributed by atoms with Crippen molar-refractivity contribution in [3.63, 3.8) is 0 Å². The first kappa shape index (κ1) is 13.0. The molecule has 2 fully saturated rings. The van der Waals surface area contributed by atoms with E-state index in [-0.39, 0.29) is 6.04 Å². The Kier molecular flexibility index (Phi) is 3.53. The first-order chi connectivity index (χ1) is 9.19. The van der Waals surface area contributed by atoms with Gasteiger partial charge in [0.05, 0.1) is 0 Å². The number of benzene rings is 1. The number of nitrogens with two attached hydrogens (primary N) is 1. The average Bonchev–Trinajstić information content (AvgIpc) is 2.63. The molecule has 1 aromatic rings. The standard InChI is InChI=1S/C17H26N2/c1-14(18)15-6-8-16(9-7-15)19-12-17(13-19)10-4-2-3-5-11-17/h6-9,14H,2-5,10-13,18H2,1H3. The molecule has 2 N–H and O–H groups in total. The highest BCUT2D eigenvalue weighted by Gasteiger charge is 2.42. The van der Waals surface area contributed by atoms with Crippen molar-refractivity contribution in [3.05, 3.63) is 29.8 Å². The average molecular weight is 258 g/mol. The molecule has 19 heavy (non-hydrogen) atoms. The van der Waals surface area contributed by atoms with Gasteiger partial charge in [-0.25, -0.2) is 0 Å². The van der Waals surface area contributed by atoms with Crippen LogP contribution in [0.15, 0.2) is 24.3 Å². The summed E-state index contributed by atoms with van der Waals surface area (Å²) in [5.74, 6) is 0. The molecule has 0 bridgehead atoms. The molecule has 0 radical (unpaired) electrons. The van der Waals surface area contributed by atoms with E-state index in [2.05, 4.69) is 29.2 Å². The van der Waals surface area contributed by atoms with Gasteiger partial charge in [0.25, 0.3) is 0 Å². The monoisotopic (exact) mass is 258 g/mol. The van der Waals surface area contributed by atoms with Gasteiger partial charge in [0.15, 0.2) is 0 Å². The van der Waals surface area contributed by atoms with Gasteiger partial charge in [-0.05, 0) is 37.5 Å². The van der Waals surface area contributed by atoms with Crippen LogP contribution >= 0.6 is 0 Å². The summed E-state index contributed by atoms with van der Waals surface area (Å²) in [4.78, 5) is 2.54. The Morgan fingerprint density at radius 2 is 1.58 bits per heavy atom. The molecule has 0 amide bonds. The summed E-state index contributed by atoms with van der Waals surface area (Å²) in [5, 5.41) is 0. The summed E-state index contributed by atoms with van der Waals surface area (Å²) in [6, 6.07) is 8.97. The van der Waals surface area contributed by atoms with Crippen LogP contribution in [0.3, 0.4) is 0 Å². The van der Waals surface area contributed by atoms with Crippen LogP contribution in [0, 0.1) is 5.41 Å². The predicted molar refractivity (Wildman–Crippen MR) is 81.4 cm³/mol. The second kappa shape index (κ2) is 5.16. The van der Waals surface area contributed by atoms with Gasteiger partial charge < -0.3 is 10.6 Å². The smallest absolute Gasteiger partial charge is 0.0366 e. The van der Waals surface area contributed by atoms with Crippen molar-refractivity contribution in [1.82, 2.24) is 0 Å². The summed E-state index contributed by atoms with van der Waals surface area (Å²) >= 11 is 0. The summed E-state index contributed by atoms with van der Waals surface area (Å²) in [6.07, 6.45) is 8.67. The van der Waals surface area contributed by atoms with Crippen LogP contribution in [0.5, 0.6) is 0 Å². The maximum Gasteiger partial charge on any atom is 0.0366 e. The number of hydrogen-bond donors (Lipinski definition) is 1. The Balaban J connectivity index is 1.63. The summed E-state index contributed by atoms with van der Waals surface area (Å²) in [5.41, 5.74) is 9.16. The van der Waals surface area contributed by atoms with E-state index in [1.165, 1.54) is 62.9 Å². The molecule has 1 aromatic carbocycles. The van der Waals surface area contributed by atoms with Crippen LogP contribution in [0.1, 0.15) is 57.1 Å². The minimum absolute atomic E-state index is 0.138. The molecule has 2 heteroatoms. The highest BCUT2D eigenvalue weighted by molar-refractivity contribution is 5.51. The fourth-order valence-corrected chi connectivity index (χ4v) is 3.73. The van der Waals surface area contributed by atoms with Crippen molar-refractivity contribution in [3.8, 4) is 0 Å². The zero-order valence-electron chi connectivity index (χ0n) is 12.1. The van der Waals surface area contributed by atoms with E-state index in [4.69, 9.17) is 5.73 Å². The third-order valence-electron chi connectivity index (χ3n) is 5.00. The van der Waals surface area contributed by atoms with Crippen LogP contribution in [-0.2, 0) is 0 Å². The van der Waals surface area contributed by atoms with Gasteiger partial charge in [-0.2, -0.15) is 0 Å². The second-order valence-corrected chi connectivity index (χ2v) is 6.65. The summed E-state index contributed by atoms with van der Waals surface area (Å²) in [7, 11) is 0. The first-order valence-electron chi connectivity index (χ1n) is 7.79. The Morgan fingerprint density at radius 3 is 2.11 bits per heavy atom. The molecule has 1 aliphatic heterocycles. The molecule has 0 aromatic heterocycles. The fourth-order valence-electron chi connectivity index (χ4n) is 3.73. The maximum absolute atomic E-state index is 5.90. The van der Waals surface area contributed by atoms with Crippen molar-refractivity contribution in [1.29, 1.82) is 0 Å². The lowest BCUT2D eigenvalue weighted by atomic mass is 9.73. The Labute approximate surface area is 117 Å². The molecule has 1 saturated heterocycles. The normalized spacial score (nSPS) is 23.8. The summed E-state index contributed by atoms with van der Waals surface area (Å²) < 4.78 is 0. The van der Waals surface area contributed by atoms with E-state index in [1.54, 1.807) is 0 Å². The second-order valence-electron chi connectivity index (χ2n) is 6.65. The molecule has 2 aliphatic rings. The molecule has 1 atom stereocenters. The lowest BCUT2D eigenvalue weighted by Gasteiger charge is -2.51. The van der Waals surface area contributed by atoms with E-state index in [9.17, 15) is 0 Å². The first-order valence-corrected chi connectivity index (χ1v) is 7.79. The zero-order chi connectivity index (χ0) is 13.3. The third-order valence-corrected chi connectivity index (χ3v) is 5.00. The Morgan fingerprint density at radius 1 is 1.00 bits per heavy atom. The van der Waals surface area contributed by atoms with Crippen molar-refractivity contribution < 1.29 is 0 Å². The van der Waals surface area contributed by atoms with Crippen molar-refractivity contribution in [2.75, 3.05) is 18.0 Å². The van der Waals surface area contributed by atoms with Gasteiger partial charge in [0.1, 0.15) is 0 Å². The number of anilines is 1. The largest absolute Gasteiger partial charge is 0.370 e. The molecule has 2 nitrogen and oxygen atoms in total. The van der Waals surface area contributed by atoms with E-state index in [0.29, 0.717) is 5.41 Å². The van der Waals surface area contributed by atoms with Crippen LogP contribution in [0.2, 0.25) is 0 Å². The molecule has 1 unspecified atom stereocenters. The van der Waals surface area contributed by atoms with Crippen LogP contribution < -0.4 is 10.6 Å². The molecule has 1 spiro atoms. The van der Waals surface area contributed by atoms with Crippen molar-refractivity contribution >= 4 is 5.69 Å². The topological polar surface area (TPSA) is 29.3 Å².